The Kier molecular flexibility index (Phi) is 7.24. The van der Waals surface area contributed by atoms with E-state index in [0.717, 1.165) is 25.9 Å². The summed E-state index contributed by atoms with van der Waals surface area (Å²) in [5.74, 6) is 0.106. The molecule has 0 aliphatic rings. The van der Waals surface area contributed by atoms with E-state index in [-0.39, 0.29) is 13.1 Å². The fourth-order valence-electron chi connectivity index (χ4n) is 3.57. The summed E-state index contributed by atoms with van der Waals surface area (Å²) in [6, 6.07) is 15.7. The van der Waals surface area contributed by atoms with Gasteiger partial charge in [0.25, 0.3) is 11.5 Å². The molecule has 0 atom stereocenters. The Morgan fingerprint density at radius 3 is 2.39 bits per heavy atom. The van der Waals surface area contributed by atoms with Crippen LogP contribution in [0.5, 0.6) is 11.5 Å². The van der Waals surface area contributed by atoms with E-state index in [1.807, 2.05) is 31.2 Å². The van der Waals surface area contributed by atoms with Crippen molar-refractivity contribution in [1.82, 2.24) is 24.6 Å². The highest BCUT2D eigenvalue weighted by atomic mass is 16.5. The number of hydrogen-bond donors (Lipinski definition) is 1. The van der Waals surface area contributed by atoms with Crippen LogP contribution < -0.4 is 26.0 Å². The van der Waals surface area contributed by atoms with Crippen LogP contribution in [0.25, 0.3) is 5.69 Å². The fraction of sp³-hybridized carbons (Fsp3) is 0.192. The van der Waals surface area contributed by atoms with Crippen LogP contribution >= 0.6 is 0 Å². The van der Waals surface area contributed by atoms with Gasteiger partial charge >= 0.3 is 5.69 Å². The molecule has 0 saturated heterocycles. The number of nitrogens with zero attached hydrogens (tertiary/aromatic N) is 4. The first-order valence-corrected chi connectivity index (χ1v) is 11.1. The number of benzene rings is 2. The van der Waals surface area contributed by atoms with Gasteiger partial charge in [0.2, 0.25) is 5.69 Å². The first kappa shape index (κ1) is 24.4. The highest BCUT2D eigenvalue weighted by Gasteiger charge is 2.21. The Hall–Kier alpha value is -4.73. The number of hydrogen-bond acceptors (Lipinski definition) is 7. The smallest absolute Gasteiger partial charge is 0.352 e. The van der Waals surface area contributed by atoms with E-state index < -0.39 is 22.9 Å². The first-order chi connectivity index (χ1) is 17.4. The van der Waals surface area contributed by atoms with Gasteiger partial charge in [-0.15, -0.1) is 0 Å². The van der Waals surface area contributed by atoms with Crippen LogP contribution in [-0.2, 0) is 13.1 Å². The van der Waals surface area contributed by atoms with Crippen LogP contribution in [0.2, 0.25) is 0 Å². The van der Waals surface area contributed by atoms with Gasteiger partial charge < -0.3 is 14.8 Å². The van der Waals surface area contributed by atoms with E-state index in [1.165, 1.54) is 14.2 Å². The number of aromatic nitrogens is 4. The number of ether oxygens (including phenoxy) is 2. The Morgan fingerprint density at radius 1 is 0.972 bits per heavy atom. The van der Waals surface area contributed by atoms with E-state index >= 15 is 0 Å². The van der Waals surface area contributed by atoms with Crippen molar-refractivity contribution in [2.45, 2.75) is 20.0 Å². The molecule has 2 aromatic carbocycles. The first-order valence-electron chi connectivity index (χ1n) is 11.1. The maximum absolute atomic E-state index is 13.4. The normalized spacial score (nSPS) is 10.6. The van der Waals surface area contributed by atoms with Crippen molar-refractivity contribution in [3.05, 3.63) is 110 Å². The number of amides is 1. The minimum absolute atomic E-state index is 0.0311. The molecule has 1 N–H and O–H groups in total. The topological polar surface area (TPSA) is 117 Å². The number of pyridine rings is 1. The molecule has 10 heteroatoms. The van der Waals surface area contributed by atoms with Gasteiger partial charge in [-0.25, -0.2) is 4.79 Å². The summed E-state index contributed by atoms with van der Waals surface area (Å²) in [5.41, 5.74) is 0.916. The molecule has 0 aliphatic heterocycles. The van der Waals surface area contributed by atoms with Gasteiger partial charge in [0, 0.05) is 25.0 Å². The quantitative estimate of drug-likeness (QED) is 0.404. The van der Waals surface area contributed by atoms with Gasteiger partial charge in [0.05, 0.1) is 26.5 Å². The van der Waals surface area contributed by atoms with Gasteiger partial charge in [-0.1, -0.05) is 35.9 Å². The van der Waals surface area contributed by atoms with Crippen molar-refractivity contribution >= 4 is 5.91 Å². The molecule has 36 heavy (non-hydrogen) atoms. The molecule has 2 heterocycles. The van der Waals surface area contributed by atoms with Gasteiger partial charge in [0.1, 0.15) is 0 Å². The number of methoxy groups -OCH3 is 2. The minimum atomic E-state index is -0.791. The standard InChI is InChI=1S/C26H25N5O5/c1-17-6-8-18(9-7-17)16-30-25(33)23(24(32)28-15-19-5-4-12-27-14-19)29-31(26(30)34)20-10-11-21(35-2)22(13-20)36-3/h4-14H,15-16H2,1-3H3,(H,28,32). The number of nitrogens with one attached hydrogen (secondary N) is 1. The second-order valence-electron chi connectivity index (χ2n) is 8.00. The van der Waals surface area contributed by atoms with E-state index in [2.05, 4.69) is 15.4 Å². The summed E-state index contributed by atoms with van der Waals surface area (Å²) in [4.78, 5) is 43.8. The van der Waals surface area contributed by atoms with Crippen molar-refractivity contribution in [1.29, 1.82) is 0 Å². The number of carbonyl (C=O) groups is 1. The largest absolute Gasteiger partial charge is 0.493 e. The van der Waals surface area contributed by atoms with Crippen LogP contribution in [0.15, 0.2) is 76.6 Å². The fourth-order valence-corrected chi connectivity index (χ4v) is 3.57. The van der Waals surface area contributed by atoms with Crippen LogP contribution in [0.4, 0.5) is 0 Å². The molecule has 1 amide bonds. The summed E-state index contributed by atoms with van der Waals surface area (Å²) in [5, 5.41) is 6.83. The van der Waals surface area contributed by atoms with Crippen molar-refractivity contribution in [2.75, 3.05) is 14.2 Å². The molecule has 0 saturated carbocycles. The summed E-state index contributed by atoms with van der Waals surface area (Å²) < 4.78 is 12.6. The highest BCUT2D eigenvalue weighted by Crippen LogP contribution is 2.28. The lowest BCUT2D eigenvalue weighted by Crippen LogP contribution is -2.46. The molecule has 0 unspecified atom stereocenters. The predicted octanol–water partition coefficient (Wildman–Crippen LogP) is 2.09. The molecule has 0 spiro atoms. The Bertz CT molecular complexity index is 1490. The minimum Gasteiger partial charge on any atom is -0.493 e. The lowest BCUT2D eigenvalue weighted by molar-refractivity contribution is 0.0941. The monoisotopic (exact) mass is 487 g/mol. The van der Waals surface area contributed by atoms with Gasteiger partial charge in [0.15, 0.2) is 11.5 Å². The van der Waals surface area contributed by atoms with E-state index in [4.69, 9.17) is 9.47 Å². The SMILES string of the molecule is COc1ccc(-n2nc(C(=O)NCc3cccnc3)c(=O)n(Cc3ccc(C)cc3)c2=O)cc1OC. The number of carbonyl (C=O) groups excluding carboxylic acids is 1. The Balaban J connectivity index is 1.81. The van der Waals surface area contributed by atoms with Gasteiger partial charge in [-0.2, -0.15) is 9.78 Å². The average molecular weight is 488 g/mol. The lowest BCUT2D eigenvalue weighted by atomic mass is 10.1. The zero-order valence-electron chi connectivity index (χ0n) is 20.1. The molecule has 184 valence electrons. The van der Waals surface area contributed by atoms with E-state index in [1.54, 1.807) is 42.7 Å². The van der Waals surface area contributed by atoms with Crippen LogP contribution in [-0.4, -0.2) is 39.5 Å². The predicted molar refractivity (Wildman–Crippen MR) is 133 cm³/mol. The zero-order chi connectivity index (χ0) is 25.7. The number of rotatable bonds is 8. The molecular formula is C26H25N5O5. The molecule has 0 radical (unpaired) electrons. The molecule has 4 aromatic rings. The van der Waals surface area contributed by atoms with Crippen molar-refractivity contribution in [3.8, 4) is 17.2 Å². The summed E-state index contributed by atoms with van der Waals surface area (Å²) >= 11 is 0. The second-order valence-corrected chi connectivity index (χ2v) is 8.00. The summed E-state index contributed by atoms with van der Waals surface area (Å²) in [7, 11) is 2.96. The van der Waals surface area contributed by atoms with Crippen LogP contribution in [0.3, 0.4) is 0 Å². The summed E-state index contributed by atoms with van der Waals surface area (Å²) in [6.45, 7) is 2.05. The Morgan fingerprint density at radius 2 is 1.72 bits per heavy atom. The van der Waals surface area contributed by atoms with E-state index in [0.29, 0.717) is 17.2 Å². The lowest BCUT2D eigenvalue weighted by Gasteiger charge is -2.14. The molecular weight excluding hydrogens is 462 g/mol. The van der Waals surface area contributed by atoms with Crippen molar-refractivity contribution in [2.24, 2.45) is 0 Å². The highest BCUT2D eigenvalue weighted by molar-refractivity contribution is 5.91. The molecule has 10 nitrogen and oxygen atoms in total. The summed E-state index contributed by atoms with van der Waals surface area (Å²) in [6.07, 6.45) is 3.23. The van der Waals surface area contributed by atoms with Crippen LogP contribution in [0.1, 0.15) is 27.2 Å². The third kappa shape index (κ3) is 5.17. The molecule has 0 fully saturated rings. The average Bonchev–Trinajstić information content (AvgIpc) is 2.91. The maximum Gasteiger partial charge on any atom is 0.352 e. The zero-order valence-corrected chi connectivity index (χ0v) is 20.1. The van der Waals surface area contributed by atoms with Gasteiger partial charge in [-0.3, -0.25) is 19.1 Å². The molecule has 0 bridgehead atoms. The van der Waals surface area contributed by atoms with Crippen LogP contribution in [0, 0.1) is 6.92 Å². The van der Waals surface area contributed by atoms with E-state index in [9.17, 15) is 14.4 Å². The molecule has 0 aliphatic carbocycles. The molecule has 2 aromatic heterocycles. The maximum atomic E-state index is 13.4. The third-order valence-corrected chi connectivity index (χ3v) is 5.52. The Labute approximate surface area is 206 Å². The van der Waals surface area contributed by atoms with Crippen molar-refractivity contribution < 1.29 is 14.3 Å². The number of aryl methyl sites for hydroxylation is 1. The van der Waals surface area contributed by atoms with Gasteiger partial charge in [-0.05, 0) is 36.2 Å². The molecule has 4 rings (SSSR count). The third-order valence-electron chi connectivity index (χ3n) is 5.52. The second kappa shape index (κ2) is 10.7. The van der Waals surface area contributed by atoms with Crippen molar-refractivity contribution in [3.63, 3.8) is 0 Å².